The molecule has 0 atom stereocenters. The minimum atomic E-state index is -0.324. The summed E-state index contributed by atoms with van der Waals surface area (Å²) < 4.78 is 13.6. The van der Waals surface area contributed by atoms with Crippen molar-refractivity contribution in [2.45, 2.75) is 31.7 Å². The van der Waals surface area contributed by atoms with Crippen LogP contribution in [-0.2, 0) is 4.79 Å². The maximum atomic E-state index is 13.6. The quantitative estimate of drug-likeness (QED) is 0.849. The summed E-state index contributed by atoms with van der Waals surface area (Å²) in [4.78, 5) is 16.9. The van der Waals surface area contributed by atoms with E-state index in [4.69, 9.17) is 0 Å². The standard InChI is InChI=1S/C15H15FN2OS/c16-12-8-4-1-5-10(12)9-13-14(19)18-15(20-13)17-11-6-2-3-7-11/h1,4-5,8-9,11H,2-3,6-7H2,(H,17,18,19)/b13-9+. The van der Waals surface area contributed by atoms with Crippen molar-refractivity contribution < 1.29 is 9.18 Å². The van der Waals surface area contributed by atoms with Gasteiger partial charge in [0.15, 0.2) is 5.17 Å². The number of hydrogen-bond donors (Lipinski definition) is 1. The van der Waals surface area contributed by atoms with Crippen molar-refractivity contribution in [3.63, 3.8) is 0 Å². The first-order valence-electron chi connectivity index (χ1n) is 6.75. The highest BCUT2D eigenvalue weighted by Gasteiger charge is 2.25. The zero-order valence-electron chi connectivity index (χ0n) is 10.9. The molecule has 0 radical (unpaired) electrons. The van der Waals surface area contributed by atoms with E-state index in [2.05, 4.69) is 10.3 Å². The summed E-state index contributed by atoms with van der Waals surface area (Å²) in [6.07, 6.45) is 6.17. The Morgan fingerprint density at radius 2 is 2.05 bits per heavy atom. The molecule has 1 aliphatic carbocycles. The molecule has 1 amide bonds. The lowest BCUT2D eigenvalue weighted by Gasteiger charge is -2.02. The summed E-state index contributed by atoms with van der Waals surface area (Å²) in [5.74, 6) is -0.524. The molecule has 2 aliphatic rings. The van der Waals surface area contributed by atoms with Crippen LogP contribution in [0.3, 0.4) is 0 Å². The van der Waals surface area contributed by atoms with Gasteiger partial charge in [0.25, 0.3) is 5.91 Å². The van der Waals surface area contributed by atoms with Crippen LogP contribution in [0, 0.1) is 5.82 Å². The molecule has 1 aliphatic heterocycles. The van der Waals surface area contributed by atoms with E-state index in [-0.39, 0.29) is 11.7 Å². The second-order valence-electron chi connectivity index (χ2n) is 4.96. The van der Waals surface area contributed by atoms with Crippen molar-refractivity contribution in [1.29, 1.82) is 0 Å². The monoisotopic (exact) mass is 290 g/mol. The molecule has 1 saturated carbocycles. The lowest BCUT2D eigenvalue weighted by atomic mass is 10.2. The molecular formula is C15H15FN2OS. The highest BCUT2D eigenvalue weighted by Crippen LogP contribution is 2.29. The Hall–Kier alpha value is -1.62. The van der Waals surface area contributed by atoms with Gasteiger partial charge in [-0.3, -0.25) is 9.79 Å². The first-order chi connectivity index (χ1) is 9.72. The summed E-state index contributed by atoms with van der Waals surface area (Å²) in [5, 5.41) is 3.40. The predicted octanol–water partition coefficient (Wildman–Crippen LogP) is 3.33. The molecule has 3 nitrogen and oxygen atoms in total. The smallest absolute Gasteiger partial charge is 0.264 e. The number of thioether (sulfide) groups is 1. The Kier molecular flexibility index (Phi) is 3.87. The van der Waals surface area contributed by atoms with Gasteiger partial charge in [0.1, 0.15) is 5.82 Å². The second kappa shape index (κ2) is 5.79. The molecule has 0 aromatic heterocycles. The second-order valence-corrected chi connectivity index (χ2v) is 5.99. The van der Waals surface area contributed by atoms with Crippen LogP contribution in [0.2, 0.25) is 0 Å². The van der Waals surface area contributed by atoms with Gasteiger partial charge in [-0.05, 0) is 36.7 Å². The van der Waals surface area contributed by atoms with Crippen molar-refractivity contribution in [2.24, 2.45) is 4.99 Å². The number of benzene rings is 1. The van der Waals surface area contributed by atoms with Gasteiger partial charge in [0.05, 0.1) is 10.9 Å². The van der Waals surface area contributed by atoms with Crippen LogP contribution in [0.15, 0.2) is 34.2 Å². The molecule has 104 valence electrons. The molecule has 2 fully saturated rings. The number of nitrogens with one attached hydrogen (secondary N) is 1. The van der Waals surface area contributed by atoms with Gasteiger partial charge in [0.2, 0.25) is 0 Å². The first kappa shape index (κ1) is 13.4. The van der Waals surface area contributed by atoms with E-state index in [1.54, 1.807) is 24.3 Å². The zero-order chi connectivity index (χ0) is 13.9. The van der Waals surface area contributed by atoms with Crippen LogP contribution in [0.25, 0.3) is 6.08 Å². The molecule has 3 rings (SSSR count). The fourth-order valence-corrected chi connectivity index (χ4v) is 3.30. The fraction of sp³-hybridized carbons (Fsp3) is 0.333. The van der Waals surface area contributed by atoms with Crippen molar-refractivity contribution in [2.75, 3.05) is 0 Å². The lowest BCUT2D eigenvalue weighted by molar-refractivity contribution is -0.115. The molecule has 0 spiro atoms. The molecule has 0 bridgehead atoms. The third kappa shape index (κ3) is 2.93. The number of rotatable bonds is 2. The summed E-state index contributed by atoms with van der Waals surface area (Å²) in [5.41, 5.74) is 0.423. The number of nitrogens with zero attached hydrogens (tertiary/aromatic N) is 1. The average molecular weight is 290 g/mol. The maximum Gasteiger partial charge on any atom is 0.264 e. The molecule has 1 N–H and O–H groups in total. The van der Waals surface area contributed by atoms with Crippen LogP contribution < -0.4 is 5.32 Å². The van der Waals surface area contributed by atoms with Crippen molar-refractivity contribution in [3.05, 3.63) is 40.6 Å². The summed E-state index contributed by atoms with van der Waals surface area (Å²) in [6.45, 7) is 0. The van der Waals surface area contributed by atoms with E-state index in [1.165, 1.54) is 30.7 Å². The first-order valence-corrected chi connectivity index (χ1v) is 7.57. The van der Waals surface area contributed by atoms with Crippen molar-refractivity contribution in [1.82, 2.24) is 5.32 Å². The Bertz CT molecular complexity index is 591. The summed E-state index contributed by atoms with van der Waals surface area (Å²) >= 11 is 1.29. The van der Waals surface area contributed by atoms with Crippen LogP contribution >= 0.6 is 11.8 Å². The van der Waals surface area contributed by atoms with E-state index in [9.17, 15) is 9.18 Å². The van der Waals surface area contributed by atoms with Crippen LogP contribution in [-0.4, -0.2) is 17.1 Å². The third-order valence-electron chi connectivity index (χ3n) is 3.47. The molecule has 20 heavy (non-hydrogen) atoms. The highest BCUT2D eigenvalue weighted by atomic mass is 32.2. The number of hydrogen-bond acceptors (Lipinski definition) is 3. The Labute approximate surface area is 121 Å². The van der Waals surface area contributed by atoms with Gasteiger partial charge >= 0.3 is 0 Å². The predicted molar refractivity (Wildman–Crippen MR) is 79.8 cm³/mol. The normalized spacial score (nSPS) is 23.8. The van der Waals surface area contributed by atoms with Gasteiger partial charge in [-0.1, -0.05) is 31.0 Å². The van der Waals surface area contributed by atoms with Crippen molar-refractivity contribution in [3.8, 4) is 0 Å². The largest absolute Gasteiger partial charge is 0.301 e. The molecule has 1 heterocycles. The minimum absolute atomic E-state index is 0.199. The number of amides is 1. The van der Waals surface area contributed by atoms with E-state index in [1.807, 2.05) is 0 Å². The number of aliphatic imine (C=N–C) groups is 1. The Morgan fingerprint density at radius 3 is 2.80 bits per heavy atom. The molecular weight excluding hydrogens is 275 g/mol. The van der Waals surface area contributed by atoms with Gasteiger partial charge in [-0.25, -0.2) is 4.39 Å². The molecule has 0 unspecified atom stereocenters. The lowest BCUT2D eigenvalue weighted by Crippen LogP contribution is -2.21. The third-order valence-corrected chi connectivity index (χ3v) is 4.39. The zero-order valence-corrected chi connectivity index (χ0v) is 11.8. The highest BCUT2D eigenvalue weighted by molar-refractivity contribution is 8.18. The van der Waals surface area contributed by atoms with Gasteiger partial charge < -0.3 is 5.32 Å². The van der Waals surface area contributed by atoms with Gasteiger partial charge in [-0.15, -0.1) is 0 Å². The summed E-state index contributed by atoms with van der Waals surface area (Å²) in [6, 6.07) is 6.75. The van der Waals surface area contributed by atoms with E-state index < -0.39 is 0 Å². The topological polar surface area (TPSA) is 41.5 Å². The van der Waals surface area contributed by atoms with Gasteiger partial charge in [0, 0.05) is 5.56 Å². The number of carbonyl (C=O) groups is 1. The minimum Gasteiger partial charge on any atom is -0.301 e. The molecule has 1 saturated heterocycles. The number of halogens is 1. The molecule has 5 heteroatoms. The van der Waals surface area contributed by atoms with Crippen LogP contribution in [0.5, 0.6) is 0 Å². The van der Waals surface area contributed by atoms with Crippen molar-refractivity contribution >= 4 is 28.9 Å². The maximum absolute atomic E-state index is 13.6. The summed E-state index contributed by atoms with van der Waals surface area (Å²) in [7, 11) is 0. The van der Waals surface area contributed by atoms with E-state index in [0.717, 1.165) is 12.8 Å². The average Bonchev–Trinajstić information content (AvgIpc) is 3.04. The molecule has 1 aromatic carbocycles. The van der Waals surface area contributed by atoms with E-state index >= 15 is 0 Å². The molecule has 1 aromatic rings. The number of amidine groups is 1. The fourth-order valence-electron chi connectivity index (χ4n) is 2.42. The number of carbonyl (C=O) groups excluding carboxylic acids is 1. The van der Waals surface area contributed by atoms with Crippen LogP contribution in [0.1, 0.15) is 31.2 Å². The van der Waals surface area contributed by atoms with E-state index in [0.29, 0.717) is 21.7 Å². The van der Waals surface area contributed by atoms with Gasteiger partial charge in [-0.2, -0.15) is 0 Å². The Morgan fingerprint density at radius 1 is 1.30 bits per heavy atom. The van der Waals surface area contributed by atoms with Crippen LogP contribution in [0.4, 0.5) is 4.39 Å². The SMILES string of the molecule is O=C1NC(=NC2CCCC2)S/C1=C/c1ccccc1F. The Balaban J connectivity index is 1.78.